The number of likely N-dealkylation sites (N-methyl/N-ethyl adjacent to an activating group) is 1. The summed E-state index contributed by atoms with van der Waals surface area (Å²) in [5.74, 6) is 0.431. The first-order valence-corrected chi connectivity index (χ1v) is 10.5. The fourth-order valence-corrected chi connectivity index (χ4v) is 4.51. The van der Waals surface area contributed by atoms with Gasteiger partial charge in [-0.05, 0) is 61.1 Å². The lowest BCUT2D eigenvalue weighted by molar-refractivity contribution is -0.137. The number of aryl methyl sites for hydroxylation is 1. The van der Waals surface area contributed by atoms with E-state index in [4.69, 9.17) is 4.74 Å². The highest BCUT2D eigenvalue weighted by atomic mass is 16.5. The minimum atomic E-state index is -0.689. The van der Waals surface area contributed by atoms with Gasteiger partial charge >= 0.3 is 0 Å². The van der Waals surface area contributed by atoms with Gasteiger partial charge in [-0.2, -0.15) is 0 Å². The second-order valence-electron chi connectivity index (χ2n) is 8.30. The molecule has 0 radical (unpaired) electrons. The molecule has 1 aliphatic rings. The van der Waals surface area contributed by atoms with Crippen LogP contribution in [0.1, 0.15) is 47.3 Å². The Hall–Kier alpha value is -2.66. The lowest BCUT2D eigenvalue weighted by atomic mass is 9.72. The SMILES string of the molecule is C=CCN(C)C(=O)[C@@H](C)C1CCc2c(C)cc(OCc3cccnc3)c(C)c2[C@@H]1O. The summed E-state index contributed by atoms with van der Waals surface area (Å²) in [6.07, 6.45) is 6.21. The zero-order valence-electron chi connectivity index (χ0n) is 18.4. The van der Waals surface area contributed by atoms with Crippen molar-refractivity contribution in [1.29, 1.82) is 0 Å². The van der Waals surface area contributed by atoms with Crippen molar-refractivity contribution in [1.82, 2.24) is 9.88 Å². The molecule has 5 nitrogen and oxygen atoms in total. The van der Waals surface area contributed by atoms with E-state index in [1.807, 2.05) is 26.0 Å². The minimum absolute atomic E-state index is 0.0424. The molecule has 0 saturated carbocycles. The molecule has 0 aliphatic heterocycles. The summed E-state index contributed by atoms with van der Waals surface area (Å²) < 4.78 is 6.09. The van der Waals surface area contributed by atoms with Gasteiger partial charge in [0.2, 0.25) is 5.91 Å². The van der Waals surface area contributed by atoms with Crippen molar-refractivity contribution < 1.29 is 14.6 Å². The van der Waals surface area contributed by atoms with Gasteiger partial charge in [0, 0.05) is 43.4 Å². The predicted octanol–water partition coefficient (Wildman–Crippen LogP) is 4.15. The molecule has 1 N–H and O–H groups in total. The molecule has 3 atom stereocenters. The number of amides is 1. The van der Waals surface area contributed by atoms with E-state index in [0.29, 0.717) is 13.2 Å². The van der Waals surface area contributed by atoms with E-state index in [0.717, 1.165) is 40.8 Å². The van der Waals surface area contributed by atoms with Crippen LogP contribution in [0, 0.1) is 25.7 Å². The van der Waals surface area contributed by atoms with E-state index in [1.165, 1.54) is 5.56 Å². The first kappa shape index (κ1) is 22.0. The van der Waals surface area contributed by atoms with Crippen LogP contribution < -0.4 is 4.74 Å². The highest BCUT2D eigenvalue weighted by Crippen LogP contribution is 2.44. The van der Waals surface area contributed by atoms with Gasteiger partial charge in [0.05, 0.1) is 6.10 Å². The number of fused-ring (bicyclic) bond motifs is 1. The maximum atomic E-state index is 12.8. The molecule has 0 fully saturated rings. The molecule has 1 aliphatic carbocycles. The van der Waals surface area contributed by atoms with Crippen LogP contribution in [0.4, 0.5) is 0 Å². The quantitative estimate of drug-likeness (QED) is 0.699. The van der Waals surface area contributed by atoms with E-state index in [-0.39, 0.29) is 17.7 Å². The van der Waals surface area contributed by atoms with Crippen LogP contribution in [0.2, 0.25) is 0 Å². The first-order chi connectivity index (χ1) is 14.3. The molecular weight excluding hydrogens is 376 g/mol. The van der Waals surface area contributed by atoms with Crippen molar-refractivity contribution in [2.75, 3.05) is 13.6 Å². The van der Waals surface area contributed by atoms with Gasteiger partial charge in [-0.25, -0.2) is 0 Å². The summed E-state index contributed by atoms with van der Waals surface area (Å²) in [7, 11) is 1.78. The van der Waals surface area contributed by atoms with E-state index < -0.39 is 6.10 Å². The number of hydrogen-bond donors (Lipinski definition) is 1. The van der Waals surface area contributed by atoms with Gasteiger partial charge in [-0.15, -0.1) is 6.58 Å². The van der Waals surface area contributed by atoms with Crippen molar-refractivity contribution in [2.24, 2.45) is 11.8 Å². The van der Waals surface area contributed by atoms with Gasteiger partial charge < -0.3 is 14.7 Å². The molecular formula is C25H32N2O3. The van der Waals surface area contributed by atoms with Crippen LogP contribution in [-0.2, 0) is 17.8 Å². The Morgan fingerprint density at radius 1 is 1.47 bits per heavy atom. The second kappa shape index (κ2) is 9.43. The van der Waals surface area contributed by atoms with Crippen molar-refractivity contribution in [3.63, 3.8) is 0 Å². The number of pyridine rings is 1. The molecule has 1 aromatic carbocycles. The molecule has 0 spiro atoms. The summed E-state index contributed by atoms with van der Waals surface area (Å²) in [5, 5.41) is 11.3. The monoisotopic (exact) mass is 408 g/mol. The number of carbonyl (C=O) groups excluding carboxylic acids is 1. The number of rotatable bonds is 7. The number of aliphatic hydroxyl groups is 1. The molecule has 3 rings (SSSR count). The third kappa shape index (κ3) is 4.41. The van der Waals surface area contributed by atoms with Gasteiger partial charge in [-0.1, -0.05) is 19.1 Å². The molecule has 0 bridgehead atoms. The van der Waals surface area contributed by atoms with E-state index >= 15 is 0 Å². The molecule has 1 heterocycles. The summed E-state index contributed by atoms with van der Waals surface area (Å²) in [4.78, 5) is 18.6. The molecule has 1 unspecified atom stereocenters. The normalized spacial score (nSPS) is 19.0. The number of ether oxygens (including phenoxy) is 1. The third-order valence-corrected chi connectivity index (χ3v) is 6.28. The topological polar surface area (TPSA) is 62.7 Å². The van der Waals surface area contributed by atoms with Gasteiger partial charge in [0.1, 0.15) is 12.4 Å². The van der Waals surface area contributed by atoms with Crippen LogP contribution in [0.15, 0.2) is 43.2 Å². The van der Waals surface area contributed by atoms with E-state index in [9.17, 15) is 9.90 Å². The van der Waals surface area contributed by atoms with Gasteiger partial charge in [-0.3, -0.25) is 9.78 Å². The molecule has 160 valence electrons. The van der Waals surface area contributed by atoms with E-state index in [2.05, 4.69) is 24.6 Å². The Balaban J connectivity index is 1.86. The van der Waals surface area contributed by atoms with Crippen molar-refractivity contribution in [3.05, 3.63) is 71.1 Å². The zero-order chi connectivity index (χ0) is 21.8. The summed E-state index contributed by atoms with van der Waals surface area (Å²) in [5.41, 5.74) is 5.19. The number of benzene rings is 1. The lowest BCUT2D eigenvalue weighted by Crippen LogP contribution is -2.39. The average molecular weight is 409 g/mol. The van der Waals surface area contributed by atoms with Crippen molar-refractivity contribution in [3.8, 4) is 5.75 Å². The zero-order valence-corrected chi connectivity index (χ0v) is 18.4. The Labute approximate surface area is 179 Å². The number of nitrogens with zero attached hydrogens (tertiary/aromatic N) is 2. The first-order valence-electron chi connectivity index (χ1n) is 10.5. The Morgan fingerprint density at radius 2 is 2.23 bits per heavy atom. The maximum absolute atomic E-state index is 12.8. The summed E-state index contributed by atoms with van der Waals surface area (Å²) in [6.45, 7) is 10.6. The predicted molar refractivity (Wildman–Crippen MR) is 118 cm³/mol. The number of aliphatic hydroxyl groups excluding tert-OH is 1. The molecule has 30 heavy (non-hydrogen) atoms. The van der Waals surface area contributed by atoms with Crippen LogP contribution >= 0.6 is 0 Å². The van der Waals surface area contributed by atoms with Crippen LogP contribution in [0.25, 0.3) is 0 Å². The summed E-state index contributed by atoms with van der Waals surface area (Å²) in [6, 6.07) is 5.93. The highest BCUT2D eigenvalue weighted by molar-refractivity contribution is 5.79. The highest BCUT2D eigenvalue weighted by Gasteiger charge is 2.37. The molecule has 1 amide bonds. The number of carbonyl (C=O) groups is 1. The average Bonchev–Trinajstić information content (AvgIpc) is 2.75. The number of aromatic nitrogens is 1. The smallest absolute Gasteiger partial charge is 0.225 e. The van der Waals surface area contributed by atoms with Crippen LogP contribution in [0.3, 0.4) is 0 Å². The maximum Gasteiger partial charge on any atom is 0.225 e. The Morgan fingerprint density at radius 3 is 2.90 bits per heavy atom. The second-order valence-corrected chi connectivity index (χ2v) is 8.30. The van der Waals surface area contributed by atoms with Crippen LogP contribution in [-0.4, -0.2) is 34.5 Å². The van der Waals surface area contributed by atoms with Crippen LogP contribution in [0.5, 0.6) is 5.75 Å². The molecule has 2 aromatic rings. The fraction of sp³-hybridized carbons (Fsp3) is 0.440. The number of hydrogen-bond acceptors (Lipinski definition) is 4. The molecule has 0 saturated heterocycles. The van der Waals surface area contributed by atoms with Crippen molar-refractivity contribution in [2.45, 2.75) is 46.3 Å². The minimum Gasteiger partial charge on any atom is -0.489 e. The largest absolute Gasteiger partial charge is 0.489 e. The van der Waals surface area contributed by atoms with Crippen molar-refractivity contribution >= 4 is 5.91 Å². The molecule has 5 heteroatoms. The Kier molecular flexibility index (Phi) is 6.93. The fourth-order valence-electron chi connectivity index (χ4n) is 4.51. The summed E-state index contributed by atoms with van der Waals surface area (Å²) >= 11 is 0. The van der Waals surface area contributed by atoms with Gasteiger partial charge in [0.25, 0.3) is 0 Å². The lowest BCUT2D eigenvalue weighted by Gasteiger charge is -2.37. The van der Waals surface area contributed by atoms with E-state index in [1.54, 1.807) is 30.4 Å². The molecule has 1 aromatic heterocycles. The van der Waals surface area contributed by atoms with Gasteiger partial charge in [0.15, 0.2) is 0 Å². The standard InChI is InChI=1S/C25H32N2O3/c1-6-12-27(5)25(29)17(3)21-10-9-20-16(2)13-22(18(4)23(20)24(21)28)30-15-19-8-7-11-26-14-19/h6-8,11,13-14,17,21,24,28H,1,9-10,12,15H2,2-5H3/t17-,21?,24+/m0/s1. The third-order valence-electron chi connectivity index (χ3n) is 6.28. The Bertz CT molecular complexity index is 910.